The maximum atomic E-state index is 11.9. The first-order valence-electron chi connectivity index (χ1n) is 6.43. The largest absolute Gasteiger partial charge is 0.356 e. The molecule has 1 aliphatic heterocycles. The third-order valence-corrected chi connectivity index (χ3v) is 5.63. The molecule has 0 unspecified atom stereocenters. The van der Waals surface area contributed by atoms with Gasteiger partial charge in [0.25, 0.3) is 0 Å². The van der Waals surface area contributed by atoms with E-state index in [4.69, 9.17) is 5.14 Å². The van der Waals surface area contributed by atoms with Crippen molar-refractivity contribution in [2.75, 3.05) is 24.5 Å². The van der Waals surface area contributed by atoms with Crippen LogP contribution in [0.5, 0.6) is 0 Å². The Hall–Kier alpha value is -1.19. The summed E-state index contributed by atoms with van der Waals surface area (Å²) >= 11 is 1.04. The van der Waals surface area contributed by atoms with Crippen molar-refractivity contribution in [2.45, 2.75) is 24.0 Å². The van der Waals surface area contributed by atoms with E-state index in [0.717, 1.165) is 30.7 Å². The number of hydrogen-bond acceptors (Lipinski definition) is 6. The lowest BCUT2D eigenvalue weighted by Gasteiger charge is -2.31. The summed E-state index contributed by atoms with van der Waals surface area (Å²) in [6.07, 6.45) is 2.99. The number of nitrogens with two attached hydrogens (primary N) is 1. The molecule has 0 radical (unpaired) electrons. The Labute approximate surface area is 122 Å². The van der Waals surface area contributed by atoms with Gasteiger partial charge in [0.2, 0.25) is 15.9 Å². The minimum Gasteiger partial charge on any atom is -0.356 e. The Bertz CT molecular complexity index is 584. The number of hydrogen-bond donors (Lipinski definition) is 2. The molecule has 0 saturated carbocycles. The second-order valence-electron chi connectivity index (χ2n) is 4.69. The lowest BCUT2D eigenvalue weighted by molar-refractivity contribution is -0.125. The Kier molecular flexibility index (Phi) is 4.61. The van der Waals surface area contributed by atoms with E-state index in [2.05, 4.69) is 10.3 Å². The summed E-state index contributed by atoms with van der Waals surface area (Å²) in [5.74, 6) is -0.0361. The highest BCUT2D eigenvalue weighted by Crippen LogP contribution is 2.29. The number of amides is 1. The molecule has 1 aromatic rings. The topological polar surface area (TPSA) is 105 Å². The summed E-state index contributed by atoms with van der Waals surface area (Å²) < 4.78 is 22.6. The van der Waals surface area contributed by atoms with Crippen LogP contribution < -0.4 is 15.4 Å². The van der Waals surface area contributed by atoms with E-state index in [1.165, 1.54) is 6.20 Å². The Morgan fingerprint density at radius 1 is 1.65 bits per heavy atom. The number of nitrogens with zero attached hydrogens (tertiary/aromatic N) is 2. The van der Waals surface area contributed by atoms with Crippen LogP contribution in [-0.4, -0.2) is 38.9 Å². The molecule has 0 aliphatic carbocycles. The fourth-order valence-corrected chi connectivity index (χ4v) is 3.79. The summed E-state index contributed by atoms with van der Waals surface area (Å²) in [5.41, 5.74) is 0. The van der Waals surface area contributed by atoms with Crippen LogP contribution in [0.4, 0.5) is 5.13 Å². The van der Waals surface area contributed by atoms with E-state index in [9.17, 15) is 13.2 Å². The number of thiazole rings is 1. The van der Waals surface area contributed by atoms with Crippen molar-refractivity contribution in [2.24, 2.45) is 11.1 Å². The van der Waals surface area contributed by atoms with Gasteiger partial charge < -0.3 is 10.2 Å². The van der Waals surface area contributed by atoms with Crippen LogP contribution in [0.25, 0.3) is 0 Å². The number of sulfonamides is 1. The second-order valence-corrected chi connectivity index (χ2v) is 7.48. The fraction of sp³-hybridized carbons (Fsp3) is 0.636. The number of primary sulfonamides is 1. The molecular formula is C11H18N4O3S2. The maximum Gasteiger partial charge on any atom is 0.249 e. The average molecular weight is 318 g/mol. The van der Waals surface area contributed by atoms with Gasteiger partial charge >= 0.3 is 0 Å². The van der Waals surface area contributed by atoms with Gasteiger partial charge in [0, 0.05) is 19.6 Å². The lowest BCUT2D eigenvalue weighted by Crippen LogP contribution is -2.43. The third kappa shape index (κ3) is 3.47. The number of carbonyl (C=O) groups excluding carboxylic acids is 1. The van der Waals surface area contributed by atoms with Gasteiger partial charge in [-0.05, 0) is 19.8 Å². The molecule has 0 bridgehead atoms. The van der Waals surface area contributed by atoms with Crippen LogP contribution in [0, 0.1) is 5.92 Å². The molecule has 7 nitrogen and oxygen atoms in total. The zero-order valence-electron chi connectivity index (χ0n) is 11.2. The van der Waals surface area contributed by atoms with Crippen LogP contribution in [0.15, 0.2) is 10.4 Å². The van der Waals surface area contributed by atoms with Crippen molar-refractivity contribution in [1.82, 2.24) is 10.3 Å². The molecule has 1 aromatic heterocycles. The Balaban J connectivity index is 2.09. The van der Waals surface area contributed by atoms with Crippen molar-refractivity contribution in [1.29, 1.82) is 0 Å². The van der Waals surface area contributed by atoms with Crippen molar-refractivity contribution in [3.05, 3.63) is 6.20 Å². The average Bonchev–Trinajstić information content (AvgIpc) is 2.89. The molecule has 112 valence electrons. The van der Waals surface area contributed by atoms with Gasteiger partial charge in [-0.2, -0.15) is 0 Å². The summed E-state index contributed by atoms with van der Waals surface area (Å²) in [5, 5.41) is 8.49. The standard InChI is InChI=1S/C11H18N4O3S2/c1-2-13-10(16)8-4-3-5-15(7-8)11-14-6-9(19-11)20(12,17)18/h6,8H,2-5,7H2,1H3,(H,13,16)(H2,12,17,18)/t8-/m1/s1. The third-order valence-electron chi connectivity index (χ3n) is 3.17. The maximum absolute atomic E-state index is 11.9. The first-order chi connectivity index (χ1) is 9.41. The number of rotatable bonds is 4. The molecule has 1 fully saturated rings. The molecule has 20 heavy (non-hydrogen) atoms. The quantitative estimate of drug-likeness (QED) is 0.821. The van der Waals surface area contributed by atoms with E-state index < -0.39 is 10.0 Å². The summed E-state index contributed by atoms with van der Waals surface area (Å²) in [7, 11) is -3.71. The van der Waals surface area contributed by atoms with Crippen molar-refractivity contribution >= 4 is 32.4 Å². The van der Waals surface area contributed by atoms with Gasteiger partial charge in [-0.25, -0.2) is 18.5 Å². The van der Waals surface area contributed by atoms with Gasteiger partial charge in [-0.3, -0.25) is 4.79 Å². The van der Waals surface area contributed by atoms with E-state index in [1.54, 1.807) is 0 Å². The van der Waals surface area contributed by atoms with Gasteiger partial charge in [0.1, 0.15) is 0 Å². The molecule has 2 heterocycles. The van der Waals surface area contributed by atoms with Crippen molar-refractivity contribution in [3.63, 3.8) is 0 Å². The molecule has 1 atom stereocenters. The van der Waals surface area contributed by atoms with Crippen molar-refractivity contribution < 1.29 is 13.2 Å². The second kappa shape index (κ2) is 6.06. The highest BCUT2D eigenvalue weighted by molar-refractivity contribution is 7.91. The number of anilines is 1. The smallest absolute Gasteiger partial charge is 0.249 e. The van der Waals surface area contributed by atoms with Crippen LogP contribution in [-0.2, 0) is 14.8 Å². The molecule has 0 spiro atoms. The molecule has 0 aromatic carbocycles. The first kappa shape index (κ1) is 15.2. The van der Waals surface area contributed by atoms with Crippen LogP contribution >= 0.6 is 11.3 Å². The minimum absolute atomic E-state index is 0.0421. The van der Waals surface area contributed by atoms with Gasteiger partial charge in [0.15, 0.2) is 9.34 Å². The Morgan fingerprint density at radius 2 is 2.40 bits per heavy atom. The molecule has 3 N–H and O–H groups in total. The normalized spacial score (nSPS) is 19.9. The molecule has 1 aliphatic rings. The zero-order valence-corrected chi connectivity index (χ0v) is 12.8. The highest BCUT2D eigenvalue weighted by atomic mass is 32.2. The Morgan fingerprint density at radius 3 is 3.00 bits per heavy atom. The minimum atomic E-state index is -3.71. The first-order valence-corrected chi connectivity index (χ1v) is 8.79. The van der Waals surface area contributed by atoms with E-state index in [-0.39, 0.29) is 16.0 Å². The van der Waals surface area contributed by atoms with E-state index >= 15 is 0 Å². The summed E-state index contributed by atoms with van der Waals surface area (Å²) in [4.78, 5) is 17.9. The molecule has 2 rings (SSSR count). The zero-order chi connectivity index (χ0) is 14.8. The monoisotopic (exact) mass is 318 g/mol. The van der Waals surface area contributed by atoms with Crippen LogP contribution in [0.2, 0.25) is 0 Å². The predicted octanol–water partition coefficient (Wildman–Crippen LogP) is 0.143. The van der Waals surface area contributed by atoms with Crippen LogP contribution in [0.3, 0.4) is 0 Å². The van der Waals surface area contributed by atoms with Gasteiger partial charge in [-0.1, -0.05) is 11.3 Å². The number of nitrogens with one attached hydrogen (secondary N) is 1. The number of aromatic nitrogens is 1. The van der Waals surface area contributed by atoms with Crippen molar-refractivity contribution in [3.8, 4) is 0 Å². The fourth-order valence-electron chi connectivity index (χ4n) is 2.21. The molecule has 9 heteroatoms. The molecular weight excluding hydrogens is 300 g/mol. The van der Waals surface area contributed by atoms with Gasteiger partial charge in [0.05, 0.1) is 12.1 Å². The highest BCUT2D eigenvalue weighted by Gasteiger charge is 2.27. The van der Waals surface area contributed by atoms with E-state index in [1.807, 2.05) is 11.8 Å². The van der Waals surface area contributed by atoms with Gasteiger partial charge in [-0.15, -0.1) is 0 Å². The predicted molar refractivity (Wildman–Crippen MR) is 77.1 cm³/mol. The van der Waals surface area contributed by atoms with Crippen LogP contribution in [0.1, 0.15) is 19.8 Å². The molecule has 1 saturated heterocycles. The SMILES string of the molecule is CCNC(=O)[C@@H]1CCCN(c2ncc(S(N)(=O)=O)s2)C1. The lowest BCUT2D eigenvalue weighted by atomic mass is 9.97. The number of carbonyl (C=O) groups is 1. The summed E-state index contributed by atoms with van der Waals surface area (Å²) in [6.45, 7) is 3.83. The molecule has 1 amide bonds. The summed E-state index contributed by atoms with van der Waals surface area (Å²) in [6, 6.07) is 0. The number of piperidine rings is 1. The van der Waals surface area contributed by atoms with E-state index in [0.29, 0.717) is 18.2 Å².